The van der Waals surface area contributed by atoms with Gasteiger partial charge in [0.15, 0.2) is 0 Å². The quantitative estimate of drug-likeness (QED) is 0.481. The van der Waals surface area contributed by atoms with Crippen molar-refractivity contribution in [2.45, 2.75) is 83.2 Å². The summed E-state index contributed by atoms with van der Waals surface area (Å²) in [5, 5.41) is 0. The summed E-state index contributed by atoms with van der Waals surface area (Å²) in [6.07, 6.45) is 2.02. The molecule has 0 radical (unpaired) electrons. The number of hydrogen-bond donors (Lipinski definition) is 0. The summed E-state index contributed by atoms with van der Waals surface area (Å²) >= 11 is 0. The molecule has 2 saturated heterocycles. The van der Waals surface area contributed by atoms with Gasteiger partial charge in [-0.15, -0.1) is 0 Å². The fourth-order valence-corrected chi connectivity index (χ4v) is 9.21. The fourth-order valence-electron chi connectivity index (χ4n) is 9.21. The predicted molar refractivity (Wildman–Crippen MR) is 102 cm³/mol. The van der Waals surface area contributed by atoms with E-state index in [-0.39, 0.29) is 35.8 Å². The van der Waals surface area contributed by atoms with Crippen molar-refractivity contribution in [1.82, 2.24) is 0 Å². The standard InChI is InChI=1S/C23H28O8/c1-10-17-22-9-21(10,30-12(3)25)7-5-13(22)23-8-6-14(28-11(2)24)20(4,19(27)31-23)16(23)15(22)18(26)29-17/h10,13-17H,5-9H2,1-4H3/t10-,13+,14-,15+,16+,17-,20?,21-,22+,23+/m0/s1. The van der Waals surface area contributed by atoms with Crippen molar-refractivity contribution in [2.75, 3.05) is 0 Å². The van der Waals surface area contributed by atoms with Gasteiger partial charge in [-0.1, -0.05) is 6.92 Å². The van der Waals surface area contributed by atoms with Gasteiger partial charge in [-0.3, -0.25) is 19.2 Å². The average molecular weight is 432 g/mol. The van der Waals surface area contributed by atoms with E-state index in [4.69, 9.17) is 18.9 Å². The Bertz CT molecular complexity index is 944. The van der Waals surface area contributed by atoms with Crippen LogP contribution < -0.4 is 0 Å². The van der Waals surface area contributed by atoms with Crippen LogP contribution in [0.3, 0.4) is 0 Å². The molecule has 0 aromatic heterocycles. The molecule has 0 amide bonds. The van der Waals surface area contributed by atoms with E-state index in [0.717, 1.165) is 0 Å². The lowest BCUT2D eigenvalue weighted by Gasteiger charge is -2.46. The minimum absolute atomic E-state index is 0.0378. The molecule has 1 spiro atoms. The summed E-state index contributed by atoms with van der Waals surface area (Å²) in [5.41, 5.74) is -3.03. The highest BCUT2D eigenvalue weighted by atomic mass is 16.6. The predicted octanol–water partition coefficient (Wildman–Crippen LogP) is 1.92. The van der Waals surface area contributed by atoms with Crippen molar-refractivity contribution >= 4 is 23.9 Å². The molecule has 0 N–H and O–H groups in total. The van der Waals surface area contributed by atoms with Crippen molar-refractivity contribution < 1.29 is 38.1 Å². The number of rotatable bonds is 2. The van der Waals surface area contributed by atoms with Crippen molar-refractivity contribution in [3.8, 4) is 0 Å². The van der Waals surface area contributed by atoms with Crippen LogP contribution in [0.25, 0.3) is 0 Å². The first-order valence-corrected chi connectivity index (χ1v) is 11.3. The molecule has 8 heteroatoms. The molecule has 8 nitrogen and oxygen atoms in total. The second kappa shape index (κ2) is 5.44. The number of hydrogen-bond acceptors (Lipinski definition) is 8. The Labute approximate surface area is 180 Å². The van der Waals surface area contributed by atoms with Crippen LogP contribution in [0.1, 0.15) is 59.8 Å². The van der Waals surface area contributed by atoms with Gasteiger partial charge in [-0.2, -0.15) is 0 Å². The zero-order chi connectivity index (χ0) is 22.1. The highest BCUT2D eigenvalue weighted by molar-refractivity contribution is 5.87. The molecule has 168 valence electrons. The SMILES string of the molecule is CC(=O)O[C@H]1CC[C@]23OC(=O)C1(C)[C@H]2[C@@H]1C(=O)O[C@H]2[C@H](C)[C@]4(OC(C)=O)CC[C@@H]3[C@@]21C4. The zero-order valence-corrected chi connectivity index (χ0v) is 18.3. The number of fused-ring (bicyclic) bond motifs is 1. The van der Waals surface area contributed by atoms with Crippen molar-refractivity contribution in [1.29, 1.82) is 0 Å². The maximum atomic E-state index is 13.4. The lowest BCUT2D eigenvalue weighted by atomic mass is 9.59. The van der Waals surface area contributed by atoms with Crippen LogP contribution >= 0.6 is 0 Å². The summed E-state index contributed by atoms with van der Waals surface area (Å²) in [7, 11) is 0. The molecule has 4 bridgehead atoms. The first-order valence-electron chi connectivity index (χ1n) is 11.3. The fraction of sp³-hybridized carbons (Fsp3) is 0.826. The van der Waals surface area contributed by atoms with Gasteiger partial charge in [-0.05, 0) is 39.0 Å². The first-order chi connectivity index (χ1) is 14.5. The lowest BCUT2D eigenvalue weighted by Crippen LogP contribution is -2.54. The van der Waals surface area contributed by atoms with E-state index in [1.54, 1.807) is 6.92 Å². The third-order valence-electron chi connectivity index (χ3n) is 9.94. The molecule has 6 rings (SSSR count). The smallest absolute Gasteiger partial charge is 0.316 e. The largest absolute Gasteiger partial charge is 0.461 e. The van der Waals surface area contributed by atoms with Crippen LogP contribution in [-0.2, 0) is 38.1 Å². The van der Waals surface area contributed by atoms with Crippen LogP contribution in [0.5, 0.6) is 0 Å². The average Bonchev–Trinajstić information content (AvgIpc) is 3.19. The normalized spacial score (nSPS) is 55.2. The van der Waals surface area contributed by atoms with Crippen LogP contribution in [0, 0.1) is 34.5 Å². The third-order valence-corrected chi connectivity index (χ3v) is 9.94. The van der Waals surface area contributed by atoms with E-state index in [1.165, 1.54) is 13.8 Å². The third kappa shape index (κ3) is 1.87. The van der Waals surface area contributed by atoms with Gasteiger partial charge in [0.2, 0.25) is 0 Å². The highest BCUT2D eigenvalue weighted by Gasteiger charge is 2.90. The molecule has 0 aromatic rings. The maximum absolute atomic E-state index is 13.4. The number of carbonyl (C=O) groups excluding carboxylic acids is 4. The molecular weight excluding hydrogens is 404 g/mol. The zero-order valence-electron chi connectivity index (χ0n) is 18.3. The monoisotopic (exact) mass is 432 g/mol. The van der Waals surface area contributed by atoms with Gasteiger partial charge >= 0.3 is 23.9 Å². The number of carbonyl (C=O) groups is 4. The molecule has 6 fully saturated rings. The highest BCUT2D eigenvalue weighted by Crippen LogP contribution is 2.81. The van der Waals surface area contributed by atoms with E-state index in [2.05, 4.69) is 0 Å². The van der Waals surface area contributed by atoms with Gasteiger partial charge in [-0.25, -0.2) is 0 Å². The van der Waals surface area contributed by atoms with Crippen LogP contribution in [0.15, 0.2) is 0 Å². The lowest BCUT2D eigenvalue weighted by molar-refractivity contribution is -0.172. The molecule has 10 atom stereocenters. The summed E-state index contributed by atoms with van der Waals surface area (Å²) in [6.45, 7) is 6.56. The Morgan fingerprint density at radius 2 is 1.84 bits per heavy atom. The van der Waals surface area contributed by atoms with Gasteiger partial charge in [0.05, 0.1) is 5.92 Å². The van der Waals surface area contributed by atoms with E-state index in [9.17, 15) is 19.2 Å². The van der Waals surface area contributed by atoms with Gasteiger partial charge in [0.1, 0.15) is 28.8 Å². The van der Waals surface area contributed by atoms with Crippen molar-refractivity contribution in [3.05, 3.63) is 0 Å². The van der Waals surface area contributed by atoms with Crippen LogP contribution in [-0.4, -0.2) is 47.3 Å². The Morgan fingerprint density at radius 1 is 1.10 bits per heavy atom. The summed E-state index contributed by atoms with van der Waals surface area (Å²) in [5.74, 6) is -2.54. The minimum Gasteiger partial charge on any atom is -0.461 e. The first kappa shape index (κ1) is 19.6. The Balaban J connectivity index is 1.52. The molecule has 31 heavy (non-hydrogen) atoms. The molecular formula is C23H28O8. The second-order valence-corrected chi connectivity index (χ2v) is 10.9. The van der Waals surface area contributed by atoms with Gasteiger partial charge < -0.3 is 18.9 Å². The van der Waals surface area contributed by atoms with E-state index >= 15 is 0 Å². The minimum atomic E-state index is -1.09. The molecule has 2 aliphatic heterocycles. The van der Waals surface area contributed by atoms with E-state index in [0.29, 0.717) is 32.1 Å². The summed E-state index contributed by atoms with van der Waals surface area (Å²) < 4.78 is 23.8. The molecule has 2 heterocycles. The molecule has 4 aliphatic carbocycles. The van der Waals surface area contributed by atoms with E-state index in [1.807, 2.05) is 6.92 Å². The topological polar surface area (TPSA) is 105 Å². The van der Waals surface area contributed by atoms with E-state index < -0.39 is 45.9 Å². The molecule has 4 saturated carbocycles. The van der Waals surface area contributed by atoms with Crippen LogP contribution in [0.2, 0.25) is 0 Å². The van der Waals surface area contributed by atoms with Gasteiger partial charge in [0.25, 0.3) is 0 Å². The summed E-state index contributed by atoms with van der Waals surface area (Å²) in [6, 6.07) is 0. The number of ether oxygens (including phenoxy) is 4. The Morgan fingerprint density at radius 3 is 2.52 bits per heavy atom. The van der Waals surface area contributed by atoms with Crippen LogP contribution in [0.4, 0.5) is 0 Å². The number of esters is 4. The van der Waals surface area contributed by atoms with Crippen molar-refractivity contribution in [2.24, 2.45) is 34.5 Å². The summed E-state index contributed by atoms with van der Waals surface area (Å²) in [4.78, 5) is 50.4. The maximum Gasteiger partial charge on any atom is 0.316 e. The Hall–Kier alpha value is -2.12. The second-order valence-electron chi connectivity index (χ2n) is 10.9. The van der Waals surface area contributed by atoms with Crippen molar-refractivity contribution in [3.63, 3.8) is 0 Å². The van der Waals surface area contributed by atoms with Gasteiger partial charge in [0, 0.05) is 37.0 Å². The molecule has 0 aromatic carbocycles. The molecule has 6 aliphatic rings. The molecule has 1 unspecified atom stereocenters. The Kier molecular flexibility index (Phi) is 3.43.